The molecule has 0 bridgehead atoms. The normalized spacial score (nSPS) is 17.9. The van der Waals surface area contributed by atoms with Gasteiger partial charge in [-0.05, 0) is 95.3 Å². The van der Waals surface area contributed by atoms with Crippen molar-refractivity contribution in [2.75, 3.05) is 9.80 Å². The summed E-state index contributed by atoms with van der Waals surface area (Å²) in [7, 11) is 0. The van der Waals surface area contributed by atoms with E-state index in [1.807, 2.05) is 25.1 Å². The zero-order valence-electron chi connectivity index (χ0n) is 32.4. The third kappa shape index (κ3) is 6.39. The van der Waals surface area contributed by atoms with E-state index in [0.717, 1.165) is 51.8 Å². The van der Waals surface area contributed by atoms with E-state index in [-0.39, 0.29) is 12.0 Å². The van der Waals surface area contributed by atoms with Gasteiger partial charge in [0.1, 0.15) is 0 Å². The van der Waals surface area contributed by atoms with E-state index in [1.54, 1.807) is 0 Å². The summed E-state index contributed by atoms with van der Waals surface area (Å²) >= 11 is 0. The summed E-state index contributed by atoms with van der Waals surface area (Å²) in [4.78, 5) is 14.6. The molecular formula is C54H42N4. The zero-order valence-corrected chi connectivity index (χ0v) is 32.4. The highest BCUT2D eigenvalue weighted by molar-refractivity contribution is 5.88. The lowest BCUT2D eigenvalue weighted by atomic mass is 9.80. The lowest BCUT2D eigenvalue weighted by molar-refractivity contribution is 0.759. The molecule has 0 saturated carbocycles. The maximum absolute atomic E-state index is 4.97. The van der Waals surface area contributed by atoms with Crippen LogP contribution < -0.4 is 9.80 Å². The van der Waals surface area contributed by atoms with Gasteiger partial charge >= 0.3 is 0 Å². The smallest absolute Gasteiger partial charge is 0.160 e. The first-order valence-electron chi connectivity index (χ1n) is 20.0. The SMILES string of the molecule is C=C1/C=C\C=C/Cc2c(-c3cccc(N4c5ccccc5C5C(c6ccc(-c7nc(C)cc(-c8ccccc8)n7)cc6)=CC=CC54)c3)cccc2N1c1ccccc1. The lowest BCUT2D eigenvalue weighted by Gasteiger charge is -2.32. The van der Waals surface area contributed by atoms with E-state index in [2.05, 4.69) is 198 Å². The second-order valence-corrected chi connectivity index (χ2v) is 15.1. The molecule has 1 aromatic heterocycles. The number of rotatable bonds is 6. The molecule has 3 heterocycles. The summed E-state index contributed by atoms with van der Waals surface area (Å²) in [6, 6.07) is 56.5. The summed E-state index contributed by atoms with van der Waals surface area (Å²) in [5.74, 6) is 0.907. The van der Waals surface area contributed by atoms with Gasteiger partial charge in [0.25, 0.3) is 0 Å². The van der Waals surface area contributed by atoms with Crippen molar-refractivity contribution in [2.45, 2.75) is 25.3 Å². The molecule has 2 atom stereocenters. The molecule has 1 aliphatic carbocycles. The van der Waals surface area contributed by atoms with E-state index >= 15 is 0 Å². The number of benzene rings is 6. The van der Waals surface area contributed by atoms with Crippen LogP contribution in [0.15, 0.2) is 213 Å². The molecule has 6 aromatic carbocycles. The van der Waals surface area contributed by atoms with Gasteiger partial charge in [0.15, 0.2) is 5.82 Å². The monoisotopic (exact) mass is 746 g/mol. The van der Waals surface area contributed by atoms with Crippen molar-refractivity contribution in [3.05, 3.63) is 235 Å². The number of para-hydroxylation sites is 2. The second-order valence-electron chi connectivity index (χ2n) is 15.1. The first-order chi connectivity index (χ1) is 28.6. The van der Waals surface area contributed by atoms with Crippen molar-refractivity contribution in [1.82, 2.24) is 9.97 Å². The highest BCUT2D eigenvalue weighted by atomic mass is 15.2. The predicted molar refractivity (Wildman–Crippen MR) is 241 cm³/mol. The van der Waals surface area contributed by atoms with Gasteiger partial charge < -0.3 is 9.80 Å². The van der Waals surface area contributed by atoms with Crippen LogP contribution in [0.3, 0.4) is 0 Å². The Labute approximate surface area is 340 Å². The van der Waals surface area contributed by atoms with Crippen LogP contribution in [0.2, 0.25) is 0 Å². The Morgan fingerprint density at radius 3 is 2.16 bits per heavy atom. The van der Waals surface area contributed by atoms with Gasteiger partial charge in [0.05, 0.1) is 17.4 Å². The molecule has 0 saturated heterocycles. The van der Waals surface area contributed by atoms with Gasteiger partial charge in [-0.1, -0.05) is 158 Å². The summed E-state index contributed by atoms with van der Waals surface area (Å²) in [6.07, 6.45) is 16.2. The van der Waals surface area contributed by atoms with Crippen LogP contribution in [0.5, 0.6) is 0 Å². The van der Waals surface area contributed by atoms with E-state index in [9.17, 15) is 0 Å². The van der Waals surface area contributed by atoms with Crippen LogP contribution >= 0.6 is 0 Å². The molecule has 278 valence electrons. The number of nitrogens with zero attached hydrogens (tertiary/aromatic N) is 4. The molecule has 2 aliphatic heterocycles. The summed E-state index contributed by atoms with van der Waals surface area (Å²) in [5, 5.41) is 0. The van der Waals surface area contributed by atoms with Crippen LogP contribution in [0.1, 0.15) is 28.3 Å². The Hall–Kier alpha value is -7.30. The Bertz CT molecular complexity index is 2790. The van der Waals surface area contributed by atoms with Crippen LogP contribution in [0, 0.1) is 6.92 Å². The molecule has 0 amide bonds. The molecule has 10 rings (SSSR count). The Morgan fingerprint density at radius 2 is 1.31 bits per heavy atom. The number of hydrogen-bond acceptors (Lipinski definition) is 4. The van der Waals surface area contributed by atoms with Crippen molar-refractivity contribution >= 4 is 28.3 Å². The van der Waals surface area contributed by atoms with Crippen molar-refractivity contribution < 1.29 is 0 Å². The zero-order chi connectivity index (χ0) is 39.0. The average molecular weight is 747 g/mol. The fraction of sp³-hybridized carbons (Fsp3) is 0.0741. The Balaban J connectivity index is 0.998. The third-order valence-electron chi connectivity index (χ3n) is 11.5. The maximum atomic E-state index is 4.97. The predicted octanol–water partition coefficient (Wildman–Crippen LogP) is 13.4. The van der Waals surface area contributed by atoms with Crippen LogP contribution in [0.25, 0.3) is 39.3 Å². The van der Waals surface area contributed by atoms with E-state index in [4.69, 9.17) is 9.97 Å². The fourth-order valence-corrected chi connectivity index (χ4v) is 8.88. The molecule has 7 aromatic rings. The largest absolute Gasteiger partial charge is 0.333 e. The van der Waals surface area contributed by atoms with Gasteiger partial charge in [-0.2, -0.15) is 0 Å². The first kappa shape index (κ1) is 35.1. The van der Waals surface area contributed by atoms with Gasteiger partial charge in [0.2, 0.25) is 0 Å². The lowest BCUT2D eigenvalue weighted by Crippen LogP contribution is -2.30. The highest BCUT2D eigenvalue weighted by Crippen LogP contribution is 2.53. The minimum Gasteiger partial charge on any atom is -0.333 e. The van der Waals surface area contributed by atoms with Gasteiger partial charge in [0, 0.05) is 45.5 Å². The minimum absolute atomic E-state index is 0.117. The van der Waals surface area contributed by atoms with Crippen molar-refractivity contribution in [2.24, 2.45) is 0 Å². The average Bonchev–Trinajstić information content (AvgIpc) is 3.65. The van der Waals surface area contributed by atoms with Crippen molar-refractivity contribution in [1.29, 1.82) is 0 Å². The molecular weight excluding hydrogens is 705 g/mol. The first-order valence-corrected chi connectivity index (χ1v) is 20.0. The molecule has 0 N–H and O–H groups in total. The number of aryl methyl sites for hydroxylation is 1. The number of aromatic nitrogens is 2. The van der Waals surface area contributed by atoms with Gasteiger partial charge in [-0.3, -0.25) is 0 Å². The quantitative estimate of drug-likeness (QED) is 0.170. The summed E-state index contributed by atoms with van der Waals surface area (Å²) < 4.78 is 0. The molecule has 0 radical (unpaired) electrons. The highest BCUT2D eigenvalue weighted by Gasteiger charge is 2.41. The summed E-state index contributed by atoms with van der Waals surface area (Å²) in [5.41, 5.74) is 17.1. The molecule has 58 heavy (non-hydrogen) atoms. The van der Waals surface area contributed by atoms with E-state index < -0.39 is 0 Å². The minimum atomic E-state index is 0.117. The van der Waals surface area contributed by atoms with Gasteiger partial charge in [-0.15, -0.1) is 0 Å². The van der Waals surface area contributed by atoms with Crippen molar-refractivity contribution in [3.63, 3.8) is 0 Å². The number of allylic oxidation sites excluding steroid dienone is 6. The number of hydrogen-bond donors (Lipinski definition) is 0. The summed E-state index contributed by atoms with van der Waals surface area (Å²) in [6.45, 7) is 6.52. The fourth-order valence-electron chi connectivity index (χ4n) is 8.88. The molecule has 4 nitrogen and oxygen atoms in total. The maximum Gasteiger partial charge on any atom is 0.160 e. The van der Waals surface area contributed by atoms with Crippen LogP contribution in [0.4, 0.5) is 22.7 Å². The van der Waals surface area contributed by atoms with Crippen LogP contribution in [-0.4, -0.2) is 16.0 Å². The van der Waals surface area contributed by atoms with E-state index in [0.29, 0.717) is 0 Å². The molecule has 3 aliphatic rings. The topological polar surface area (TPSA) is 32.3 Å². The Kier molecular flexibility index (Phi) is 9.08. The van der Waals surface area contributed by atoms with Crippen molar-refractivity contribution in [3.8, 4) is 33.8 Å². The van der Waals surface area contributed by atoms with Gasteiger partial charge in [-0.25, -0.2) is 9.97 Å². The molecule has 0 fully saturated rings. The number of fused-ring (bicyclic) bond motifs is 4. The van der Waals surface area contributed by atoms with E-state index in [1.165, 1.54) is 44.8 Å². The molecule has 4 heteroatoms. The second kappa shape index (κ2) is 15.0. The number of anilines is 4. The molecule has 2 unspecified atom stereocenters. The standard InChI is InChI=1S/C54H42N4/c1-37-35-49(40-18-7-4-8-19-40)56-54(55-37)41-33-31-39(32-34-41)46-27-16-30-52-53(46)48-25-12-13-28-51(48)58(52)44-23-14-20-42(36-44)45-26-15-29-50-47(45)24-11-3-6-17-38(2)57(50)43-21-9-5-10-22-43/h3-23,25-36,52-53H,2,24H2,1H3/b11-3-,17-6-. The Morgan fingerprint density at radius 1 is 0.603 bits per heavy atom. The third-order valence-corrected chi connectivity index (χ3v) is 11.5. The molecule has 0 spiro atoms. The van der Waals surface area contributed by atoms with Crippen LogP contribution in [-0.2, 0) is 6.42 Å².